The summed E-state index contributed by atoms with van der Waals surface area (Å²) in [6, 6.07) is 2.67. The Morgan fingerprint density at radius 1 is 1.31 bits per heavy atom. The van der Waals surface area contributed by atoms with Crippen molar-refractivity contribution in [3.8, 4) is 11.5 Å². The van der Waals surface area contributed by atoms with Crippen LogP contribution >= 0.6 is 0 Å². The number of carbonyl (C=O) groups is 1. The molecular weight excluding hydrogens is 392 g/mol. The van der Waals surface area contributed by atoms with E-state index in [0.29, 0.717) is 30.1 Å². The van der Waals surface area contributed by atoms with Gasteiger partial charge in [-0.1, -0.05) is 32.9 Å². The van der Waals surface area contributed by atoms with Crippen LogP contribution in [-0.2, 0) is 16.8 Å². The van der Waals surface area contributed by atoms with Crippen LogP contribution in [0.25, 0.3) is 0 Å². The maximum Gasteiger partial charge on any atom is 0.446 e. The van der Waals surface area contributed by atoms with Crippen molar-refractivity contribution >= 4 is 16.7 Å². The van der Waals surface area contributed by atoms with Crippen molar-refractivity contribution in [2.24, 2.45) is 22.7 Å². The lowest BCUT2D eigenvalue weighted by atomic mass is 9.46. The van der Waals surface area contributed by atoms with E-state index < -0.39 is 16.1 Å². The van der Waals surface area contributed by atoms with Gasteiger partial charge in [0.25, 0.3) is 0 Å². The first kappa shape index (κ1) is 21.8. The maximum absolute atomic E-state index is 11.4. The summed E-state index contributed by atoms with van der Waals surface area (Å²) in [5, 5.41) is 10.3. The average molecular weight is 423 g/mol. The van der Waals surface area contributed by atoms with Gasteiger partial charge in [-0.05, 0) is 73.3 Å². The third kappa shape index (κ3) is 3.94. The number of benzene rings is 1. The van der Waals surface area contributed by atoms with Gasteiger partial charge in [-0.25, -0.2) is 0 Å². The zero-order valence-corrected chi connectivity index (χ0v) is 18.1. The standard InChI is InChI=1S/C22H30O6S/c1-14-6-5-7-19-21(14,3)9-8-15(2)22(19,4)12-17-10-16(13-23)11-18(24)20(17)28-29(25,26)27/h10-11,13,15,19,24H,1,5-9,12H2,2-4H3,(H,25,26,27). The number of hydrogen-bond acceptors (Lipinski definition) is 5. The van der Waals surface area contributed by atoms with E-state index in [2.05, 4.69) is 27.4 Å². The quantitative estimate of drug-likeness (QED) is 0.404. The van der Waals surface area contributed by atoms with Crippen molar-refractivity contribution in [3.63, 3.8) is 0 Å². The fourth-order valence-corrected chi connectivity index (χ4v) is 6.18. The molecule has 3 rings (SSSR count). The van der Waals surface area contributed by atoms with Crippen molar-refractivity contribution in [2.75, 3.05) is 0 Å². The highest BCUT2D eigenvalue weighted by Crippen LogP contribution is 2.62. The maximum atomic E-state index is 11.4. The molecule has 0 bridgehead atoms. The number of phenols is 1. The fraction of sp³-hybridized carbons (Fsp3) is 0.591. The normalized spacial score (nSPS) is 32.5. The number of aromatic hydroxyl groups is 1. The second-order valence-corrected chi connectivity index (χ2v) is 10.3. The van der Waals surface area contributed by atoms with Gasteiger partial charge in [0.15, 0.2) is 11.5 Å². The minimum absolute atomic E-state index is 0.00784. The predicted octanol–water partition coefficient (Wildman–Crippen LogP) is 4.73. The zero-order valence-electron chi connectivity index (χ0n) is 17.3. The Labute approximate surface area is 172 Å². The van der Waals surface area contributed by atoms with Crippen LogP contribution in [-0.4, -0.2) is 24.4 Å². The van der Waals surface area contributed by atoms with Crippen LogP contribution in [0.4, 0.5) is 0 Å². The SMILES string of the molecule is C=C1CCCC2C1(C)CCC(C)C2(C)Cc1cc(C=O)cc(O)c1OS(=O)(=O)O. The first-order chi connectivity index (χ1) is 13.4. The second-order valence-electron chi connectivity index (χ2n) is 9.25. The van der Waals surface area contributed by atoms with Crippen LogP contribution in [0.1, 0.15) is 68.8 Å². The molecule has 0 radical (unpaired) electrons. The molecule has 1 aromatic carbocycles. The van der Waals surface area contributed by atoms with E-state index in [1.54, 1.807) is 0 Å². The average Bonchev–Trinajstić information content (AvgIpc) is 2.62. The van der Waals surface area contributed by atoms with Crippen molar-refractivity contribution < 1.29 is 27.1 Å². The molecule has 0 amide bonds. The van der Waals surface area contributed by atoms with Gasteiger partial charge < -0.3 is 9.29 Å². The van der Waals surface area contributed by atoms with Crippen molar-refractivity contribution in [2.45, 2.75) is 59.3 Å². The van der Waals surface area contributed by atoms with Gasteiger partial charge in [0.1, 0.15) is 6.29 Å². The lowest BCUT2D eigenvalue weighted by Gasteiger charge is -2.59. The fourth-order valence-electron chi connectivity index (χ4n) is 5.77. The first-order valence-corrected chi connectivity index (χ1v) is 11.4. The monoisotopic (exact) mass is 422 g/mol. The Morgan fingerprint density at radius 3 is 2.62 bits per heavy atom. The number of allylic oxidation sites excluding steroid dienone is 1. The van der Waals surface area contributed by atoms with Gasteiger partial charge in [0, 0.05) is 11.1 Å². The van der Waals surface area contributed by atoms with E-state index in [1.807, 2.05) is 0 Å². The number of hydrogen-bond donors (Lipinski definition) is 2. The molecule has 0 aromatic heterocycles. The summed E-state index contributed by atoms with van der Waals surface area (Å²) >= 11 is 0. The molecule has 29 heavy (non-hydrogen) atoms. The molecule has 2 fully saturated rings. The van der Waals surface area contributed by atoms with E-state index in [4.69, 9.17) is 4.18 Å². The third-order valence-electron chi connectivity index (χ3n) is 7.63. The highest BCUT2D eigenvalue weighted by molar-refractivity contribution is 7.81. The summed E-state index contributed by atoms with van der Waals surface area (Å²) in [6.07, 6.45) is 6.23. The van der Waals surface area contributed by atoms with Crippen LogP contribution in [0.15, 0.2) is 24.3 Å². The third-order valence-corrected chi connectivity index (χ3v) is 8.01. The second kappa shape index (κ2) is 7.43. The van der Waals surface area contributed by atoms with E-state index >= 15 is 0 Å². The summed E-state index contributed by atoms with van der Waals surface area (Å²) in [4.78, 5) is 11.3. The van der Waals surface area contributed by atoms with Crippen LogP contribution < -0.4 is 4.18 Å². The highest BCUT2D eigenvalue weighted by Gasteiger charge is 2.54. The van der Waals surface area contributed by atoms with E-state index in [9.17, 15) is 22.9 Å². The molecular formula is C22H30O6S. The van der Waals surface area contributed by atoms with Crippen molar-refractivity contribution in [1.82, 2.24) is 0 Å². The Kier molecular flexibility index (Phi) is 5.60. The molecule has 2 aliphatic carbocycles. The number of aldehydes is 1. The first-order valence-electron chi connectivity index (χ1n) is 10.1. The van der Waals surface area contributed by atoms with Crippen LogP contribution in [0, 0.1) is 22.7 Å². The Hall–Kier alpha value is -1.86. The lowest BCUT2D eigenvalue weighted by molar-refractivity contribution is -0.0490. The molecule has 2 saturated carbocycles. The van der Waals surface area contributed by atoms with Crippen molar-refractivity contribution in [3.05, 3.63) is 35.4 Å². The minimum Gasteiger partial charge on any atom is -0.504 e. The lowest BCUT2D eigenvalue weighted by Crippen LogP contribution is -2.51. The molecule has 6 nitrogen and oxygen atoms in total. The van der Waals surface area contributed by atoms with E-state index in [1.165, 1.54) is 11.6 Å². The van der Waals surface area contributed by atoms with E-state index in [0.717, 1.165) is 38.2 Å². The molecule has 4 unspecified atom stereocenters. The van der Waals surface area contributed by atoms with Gasteiger partial charge in [-0.2, -0.15) is 8.42 Å². The van der Waals surface area contributed by atoms with Gasteiger partial charge in [-0.3, -0.25) is 9.35 Å². The summed E-state index contributed by atoms with van der Waals surface area (Å²) in [6.45, 7) is 11.0. The molecule has 7 heteroatoms. The Bertz CT molecular complexity index is 937. The number of rotatable bonds is 5. The Balaban J connectivity index is 2.10. The zero-order chi connectivity index (χ0) is 21.6. The summed E-state index contributed by atoms with van der Waals surface area (Å²) < 4.78 is 36.6. The molecule has 1 aromatic rings. The van der Waals surface area contributed by atoms with Crippen LogP contribution in [0.3, 0.4) is 0 Å². The van der Waals surface area contributed by atoms with Crippen LogP contribution in [0.2, 0.25) is 0 Å². The van der Waals surface area contributed by atoms with Crippen LogP contribution in [0.5, 0.6) is 11.5 Å². The summed E-state index contributed by atoms with van der Waals surface area (Å²) in [5.74, 6) is -0.119. The molecule has 2 N–H and O–H groups in total. The minimum atomic E-state index is -4.82. The Morgan fingerprint density at radius 2 is 2.00 bits per heavy atom. The van der Waals surface area contributed by atoms with E-state index in [-0.39, 0.29) is 22.1 Å². The number of fused-ring (bicyclic) bond motifs is 1. The van der Waals surface area contributed by atoms with Gasteiger partial charge in [0.05, 0.1) is 0 Å². The number of phenolic OH excluding ortho intramolecular Hbond substituents is 1. The number of carbonyl (C=O) groups excluding carboxylic acids is 1. The summed E-state index contributed by atoms with van der Waals surface area (Å²) in [7, 11) is -4.82. The molecule has 0 spiro atoms. The molecule has 160 valence electrons. The highest BCUT2D eigenvalue weighted by atomic mass is 32.3. The molecule has 0 heterocycles. The molecule has 0 saturated heterocycles. The van der Waals surface area contributed by atoms with Gasteiger partial charge >= 0.3 is 10.4 Å². The molecule has 4 atom stereocenters. The van der Waals surface area contributed by atoms with Crippen molar-refractivity contribution in [1.29, 1.82) is 0 Å². The molecule has 2 aliphatic rings. The summed E-state index contributed by atoms with van der Waals surface area (Å²) in [5.41, 5.74) is 1.68. The topological polar surface area (TPSA) is 101 Å². The predicted molar refractivity (Wildman–Crippen MR) is 110 cm³/mol. The van der Waals surface area contributed by atoms with Gasteiger partial charge in [0.2, 0.25) is 0 Å². The largest absolute Gasteiger partial charge is 0.504 e. The van der Waals surface area contributed by atoms with Gasteiger partial charge in [-0.15, -0.1) is 0 Å². The smallest absolute Gasteiger partial charge is 0.446 e. The molecule has 0 aliphatic heterocycles.